The first-order valence-corrected chi connectivity index (χ1v) is 7.77. The highest BCUT2D eigenvalue weighted by atomic mass is 16.5. The molecule has 1 amide bonds. The molecule has 0 atom stereocenters. The van der Waals surface area contributed by atoms with Crippen LogP contribution in [0.2, 0.25) is 0 Å². The number of piperidine rings is 1. The van der Waals surface area contributed by atoms with E-state index in [1.54, 1.807) is 12.4 Å². The fourth-order valence-electron chi connectivity index (χ4n) is 2.81. The van der Waals surface area contributed by atoms with Gasteiger partial charge < -0.3 is 9.42 Å². The number of likely N-dealkylation sites (tertiary alicyclic amines) is 1. The Kier molecular flexibility index (Phi) is 4.46. The maximum absolute atomic E-state index is 11.7. The third-order valence-corrected chi connectivity index (χ3v) is 4.12. The minimum absolute atomic E-state index is 0.245. The van der Waals surface area contributed by atoms with Crippen LogP contribution >= 0.6 is 0 Å². The highest BCUT2D eigenvalue weighted by molar-refractivity contribution is 5.75. The quantitative estimate of drug-likeness (QED) is 0.866. The summed E-state index contributed by atoms with van der Waals surface area (Å²) in [5.41, 5.74) is 0.862. The number of aromatic nitrogens is 3. The van der Waals surface area contributed by atoms with Gasteiger partial charge in [-0.05, 0) is 30.9 Å². The molecule has 1 aliphatic rings. The normalized spacial score (nSPS) is 16.0. The van der Waals surface area contributed by atoms with E-state index in [2.05, 4.69) is 15.1 Å². The van der Waals surface area contributed by atoms with Crippen LogP contribution in [-0.2, 0) is 11.2 Å². The summed E-state index contributed by atoms with van der Waals surface area (Å²) in [7, 11) is 0. The van der Waals surface area contributed by atoms with Crippen LogP contribution in [0.1, 0.15) is 32.1 Å². The van der Waals surface area contributed by atoms with Crippen molar-refractivity contribution in [3.8, 4) is 11.4 Å². The van der Waals surface area contributed by atoms with Crippen LogP contribution in [0.5, 0.6) is 0 Å². The second kappa shape index (κ2) is 6.68. The number of hydrogen-bond acceptors (Lipinski definition) is 5. The maximum Gasteiger partial charge on any atom is 0.227 e. The van der Waals surface area contributed by atoms with Crippen LogP contribution in [0.3, 0.4) is 0 Å². The number of nitrogens with zero attached hydrogens (tertiary/aromatic N) is 4. The van der Waals surface area contributed by atoms with Gasteiger partial charge in [-0.3, -0.25) is 9.78 Å². The summed E-state index contributed by atoms with van der Waals surface area (Å²) in [4.78, 5) is 22.1. The Bertz CT molecular complexity index is 618. The molecule has 3 rings (SSSR count). The van der Waals surface area contributed by atoms with Crippen molar-refractivity contribution in [2.45, 2.75) is 32.6 Å². The van der Waals surface area contributed by atoms with Gasteiger partial charge in [0.15, 0.2) is 0 Å². The molecule has 2 aromatic rings. The molecule has 1 saturated heterocycles. The number of amides is 1. The molecule has 0 radical (unpaired) electrons. The van der Waals surface area contributed by atoms with Gasteiger partial charge in [-0.1, -0.05) is 12.1 Å². The highest BCUT2D eigenvalue weighted by Gasteiger charge is 2.23. The molecule has 116 valence electrons. The molecule has 3 heterocycles. The minimum Gasteiger partial charge on any atom is -0.343 e. The SMILES string of the molecule is CCC(=O)N1CCC(Cc2nc(-c3cccnc3)no2)CC1. The lowest BCUT2D eigenvalue weighted by molar-refractivity contribution is -0.132. The fraction of sp³-hybridized carbons (Fsp3) is 0.500. The molecule has 0 unspecified atom stereocenters. The molecule has 0 N–H and O–H groups in total. The Hall–Kier alpha value is -2.24. The molecule has 0 saturated carbocycles. The molecule has 22 heavy (non-hydrogen) atoms. The van der Waals surface area contributed by atoms with Crippen LogP contribution in [0, 0.1) is 5.92 Å². The standard InChI is InChI=1S/C16H20N4O2/c1-2-15(21)20-8-5-12(6-9-20)10-14-18-16(19-22-14)13-4-3-7-17-11-13/h3-4,7,11-12H,2,5-6,8-10H2,1H3. The van der Waals surface area contributed by atoms with Crippen molar-refractivity contribution < 1.29 is 9.32 Å². The molecule has 0 aromatic carbocycles. The zero-order valence-corrected chi connectivity index (χ0v) is 12.7. The number of pyridine rings is 1. The first-order valence-electron chi connectivity index (χ1n) is 7.77. The Morgan fingerprint density at radius 2 is 2.23 bits per heavy atom. The van der Waals surface area contributed by atoms with E-state index in [0.717, 1.165) is 37.9 Å². The van der Waals surface area contributed by atoms with Gasteiger partial charge >= 0.3 is 0 Å². The summed E-state index contributed by atoms with van der Waals surface area (Å²) in [6.07, 6.45) is 6.80. The average molecular weight is 300 g/mol. The van der Waals surface area contributed by atoms with Crippen LogP contribution in [-0.4, -0.2) is 39.0 Å². The van der Waals surface area contributed by atoms with E-state index in [-0.39, 0.29) is 5.91 Å². The first-order chi connectivity index (χ1) is 10.8. The van der Waals surface area contributed by atoms with Gasteiger partial charge in [0.1, 0.15) is 0 Å². The predicted molar refractivity (Wildman–Crippen MR) is 80.8 cm³/mol. The summed E-state index contributed by atoms with van der Waals surface area (Å²) in [5, 5.41) is 4.02. The summed E-state index contributed by atoms with van der Waals surface area (Å²) in [6.45, 7) is 3.58. The van der Waals surface area contributed by atoms with Crippen molar-refractivity contribution in [2.75, 3.05) is 13.1 Å². The van der Waals surface area contributed by atoms with Crippen molar-refractivity contribution in [2.24, 2.45) is 5.92 Å². The van der Waals surface area contributed by atoms with Gasteiger partial charge in [0.25, 0.3) is 0 Å². The summed E-state index contributed by atoms with van der Waals surface area (Å²) >= 11 is 0. The van der Waals surface area contributed by atoms with Crippen LogP contribution < -0.4 is 0 Å². The molecule has 0 spiro atoms. The van der Waals surface area contributed by atoms with E-state index < -0.39 is 0 Å². The number of rotatable bonds is 4. The van der Waals surface area contributed by atoms with Crippen molar-refractivity contribution in [3.05, 3.63) is 30.4 Å². The summed E-state index contributed by atoms with van der Waals surface area (Å²) in [6, 6.07) is 3.77. The fourth-order valence-corrected chi connectivity index (χ4v) is 2.81. The van der Waals surface area contributed by atoms with E-state index >= 15 is 0 Å². The predicted octanol–water partition coefficient (Wildman–Crippen LogP) is 2.32. The number of carbonyl (C=O) groups excluding carboxylic acids is 1. The van der Waals surface area contributed by atoms with Gasteiger partial charge in [-0.2, -0.15) is 4.98 Å². The lowest BCUT2D eigenvalue weighted by Crippen LogP contribution is -2.38. The lowest BCUT2D eigenvalue weighted by Gasteiger charge is -2.31. The molecule has 1 aliphatic heterocycles. The van der Waals surface area contributed by atoms with Gasteiger partial charge in [-0.15, -0.1) is 0 Å². The van der Waals surface area contributed by atoms with Gasteiger partial charge in [0.2, 0.25) is 17.6 Å². The largest absolute Gasteiger partial charge is 0.343 e. The van der Waals surface area contributed by atoms with Crippen molar-refractivity contribution in [1.29, 1.82) is 0 Å². The highest BCUT2D eigenvalue weighted by Crippen LogP contribution is 2.22. The zero-order chi connectivity index (χ0) is 15.4. The second-order valence-corrected chi connectivity index (χ2v) is 5.64. The Morgan fingerprint density at radius 1 is 1.41 bits per heavy atom. The number of carbonyl (C=O) groups is 1. The molecular weight excluding hydrogens is 280 g/mol. The van der Waals surface area contributed by atoms with Crippen molar-refractivity contribution in [1.82, 2.24) is 20.0 Å². The van der Waals surface area contributed by atoms with Crippen LogP contribution in [0.25, 0.3) is 11.4 Å². The van der Waals surface area contributed by atoms with Crippen LogP contribution in [0.15, 0.2) is 29.0 Å². The van der Waals surface area contributed by atoms with E-state index in [1.165, 1.54) is 0 Å². The maximum atomic E-state index is 11.7. The third kappa shape index (κ3) is 3.32. The lowest BCUT2D eigenvalue weighted by atomic mass is 9.93. The van der Waals surface area contributed by atoms with Gasteiger partial charge in [0, 0.05) is 43.9 Å². The number of hydrogen-bond donors (Lipinski definition) is 0. The molecule has 1 fully saturated rings. The first kappa shape index (κ1) is 14.7. The van der Waals surface area contributed by atoms with Gasteiger partial charge in [-0.25, -0.2) is 0 Å². The summed E-state index contributed by atoms with van der Waals surface area (Å²) in [5.74, 6) is 2.00. The van der Waals surface area contributed by atoms with Crippen molar-refractivity contribution >= 4 is 5.91 Å². The molecule has 0 bridgehead atoms. The van der Waals surface area contributed by atoms with E-state index in [1.807, 2.05) is 24.0 Å². The minimum atomic E-state index is 0.245. The molecule has 6 nitrogen and oxygen atoms in total. The molecule has 0 aliphatic carbocycles. The van der Waals surface area contributed by atoms with Crippen molar-refractivity contribution in [3.63, 3.8) is 0 Å². The third-order valence-electron chi connectivity index (χ3n) is 4.12. The topological polar surface area (TPSA) is 72.1 Å². The summed E-state index contributed by atoms with van der Waals surface area (Å²) < 4.78 is 5.35. The Labute approximate surface area is 129 Å². The smallest absolute Gasteiger partial charge is 0.227 e. The van der Waals surface area contributed by atoms with Crippen LogP contribution in [0.4, 0.5) is 0 Å². The monoisotopic (exact) mass is 300 g/mol. The van der Waals surface area contributed by atoms with E-state index in [9.17, 15) is 4.79 Å². The second-order valence-electron chi connectivity index (χ2n) is 5.64. The van der Waals surface area contributed by atoms with E-state index in [0.29, 0.717) is 24.1 Å². The average Bonchev–Trinajstić information content (AvgIpc) is 3.04. The Morgan fingerprint density at radius 3 is 2.91 bits per heavy atom. The molecule has 2 aromatic heterocycles. The van der Waals surface area contributed by atoms with Gasteiger partial charge in [0.05, 0.1) is 0 Å². The zero-order valence-electron chi connectivity index (χ0n) is 12.7. The Balaban J connectivity index is 1.57. The van der Waals surface area contributed by atoms with E-state index in [4.69, 9.17) is 4.52 Å². The molecule has 6 heteroatoms. The molecular formula is C16H20N4O2.